The molecule has 158 valence electrons. The van der Waals surface area contributed by atoms with E-state index in [1.54, 1.807) is 0 Å². The van der Waals surface area contributed by atoms with E-state index in [4.69, 9.17) is 9.97 Å². The summed E-state index contributed by atoms with van der Waals surface area (Å²) in [5, 5.41) is 8.51. The predicted molar refractivity (Wildman–Crippen MR) is 123 cm³/mol. The van der Waals surface area contributed by atoms with Crippen LogP contribution in [0.25, 0.3) is 10.9 Å². The van der Waals surface area contributed by atoms with E-state index < -0.39 is 0 Å². The molecule has 2 fully saturated rings. The van der Waals surface area contributed by atoms with Gasteiger partial charge in [0.25, 0.3) is 0 Å². The van der Waals surface area contributed by atoms with Gasteiger partial charge in [0, 0.05) is 25.5 Å². The van der Waals surface area contributed by atoms with E-state index in [-0.39, 0.29) is 0 Å². The zero-order valence-corrected chi connectivity index (χ0v) is 18.2. The third kappa shape index (κ3) is 5.39. The first-order valence-electron chi connectivity index (χ1n) is 11.6. The summed E-state index contributed by atoms with van der Waals surface area (Å²) in [6.45, 7) is 2.43. The van der Waals surface area contributed by atoms with Crippen LogP contribution in [0.4, 0.5) is 11.8 Å². The average Bonchev–Trinajstić information content (AvgIpc) is 2.75. The molecule has 2 saturated carbocycles. The zero-order chi connectivity index (χ0) is 20.1. The first-order chi connectivity index (χ1) is 14.2. The van der Waals surface area contributed by atoms with Crippen LogP contribution >= 0.6 is 0 Å². The monoisotopic (exact) mass is 395 g/mol. The Balaban J connectivity index is 1.27. The lowest BCUT2D eigenvalue weighted by molar-refractivity contribution is 0.297. The highest BCUT2D eigenvalue weighted by molar-refractivity contribution is 5.90. The van der Waals surface area contributed by atoms with Crippen LogP contribution in [-0.2, 0) is 0 Å². The third-order valence-electron chi connectivity index (χ3n) is 6.78. The van der Waals surface area contributed by atoms with Gasteiger partial charge in [0.2, 0.25) is 5.95 Å². The van der Waals surface area contributed by atoms with Gasteiger partial charge in [0.05, 0.1) is 5.52 Å². The minimum Gasteiger partial charge on any atom is -0.362 e. The smallest absolute Gasteiger partial charge is 0.225 e. The summed E-state index contributed by atoms with van der Waals surface area (Å²) >= 11 is 0. The number of nitrogens with one attached hydrogen (secondary N) is 2. The normalized spacial score (nSPS) is 23.2. The second-order valence-corrected chi connectivity index (χ2v) is 9.31. The van der Waals surface area contributed by atoms with E-state index in [0.29, 0.717) is 6.04 Å². The number of hydrogen-bond donors (Lipinski definition) is 2. The van der Waals surface area contributed by atoms with Crippen molar-refractivity contribution in [2.24, 2.45) is 11.8 Å². The van der Waals surface area contributed by atoms with Gasteiger partial charge in [-0.15, -0.1) is 0 Å². The average molecular weight is 396 g/mol. The van der Waals surface area contributed by atoms with E-state index in [1.165, 1.54) is 70.9 Å². The summed E-state index contributed by atoms with van der Waals surface area (Å²) < 4.78 is 0. The highest BCUT2D eigenvalue weighted by atomic mass is 15.2. The molecule has 1 aromatic heterocycles. The van der Waals surface area contributed by atoms with Crippen molar-refractivity contribution < 1.29 is 0 Å². The molecule has 0 spiro atoms. The molecule has 1 heterocycles. The van der Waals surface area contributed by atoms with Crippen molar-refractivity contribution in [3.05, 3.63) is 24.3 Å². The van der Waals surface area contributed by atoms with E-state index in [0.717, 1.165) is 34.5 Å². The van der Waals surface area contributed by atoms with E-state index >= 15 is 0 Å². The second-order valence-electron chi connectivity index (χ2n) is 9.31. The molecule has 0 amide bonds. The van der Waals surface area contributed by atoms with Gasteiger partial charge < -0.3 is 15.5 Å². The van der Waals surface area contributed by atoms with Crippen LogP contribution in [0.3, 0.4) is 0 Å². The van der Waals surface area contributed by atoms with Crippen LogP contribution in [0.5, 0.6) is 0 Å². The molecule has 0 unspecified atom stereocenters. The Hall–Kier alpha value is -1.88. The van der Waals surface area contributed by atoms with E-state index in [2.05, 4.69) is 33.7 Å². The molecule has 0 bridgehead atoms. The maximum Gasteiger partial charge on any atom is 0.225 e. The lowest BCUT2D eigenvalue weighted by Gasteiger charge is -2.30. The molecule has 29 heavy (non-hydrogen) atoms. The summed E-state index contributed by atoms with van der Waals surface area (Å²) in [4.78, 5) is 11.7. The molecule has 4 rings (SSSR count). The van der Waals surface area contributed by atoms with Crippen molar-refractivity contribution in [1.82, 2.24) is 15.3 Å². The van der Waals surface area contributed by atoms with Gasteiger partial charge in [-0.1, -0.05) is 31.4 Å². The van der Waals surface area contributed by atoms with Crippen molar-refractivity contribution >= 4 is 22.7 Å². The minimum atomic E-state index is 0.487. The molecule has 1 aromatic carbocycles. The van der Waals surface area contributed by atoms with Gasteiger partial charge in [-0.2, -0.15) is 4.98 Å². The molecule has 0 atom stereocenters. The molecule has 0 saturated heterocycles. The summed E-state index contributed by atoms with van der Waals surface area (Å²) in [7, 11) is 4.09. The Bertz CT molecular complexity index is 776. The lowest BCUT2D eigenvalue weighted by atomic mass is 9.85. The molecule has 0 aliphatic heterocycles. The zero-order valence-electron chi connectivity index (χ0n) is 18.2. The first-order valence-corrected chi connectivity index (χ1v) is 11.6. The summed E-state index contributed by atoms with van der Waals surface area (Å²) in [5.41, 5.74) is 1.01. The standard InChI is InChI=1S/C24H37N5/c1-29(2)23-21-10-6-7-11-22(21)27-24(28-23)26-20-14-12-19(13-15-20)17-25-16-18-8-4-3-5-9-18/h6-7,10-11,18-20,25H,3-5,8-9,12-17H2,1-2H3,(H,26,27,28)/t19-,20+. The van der Waals surface area contributed by atoms with Gasteiger partial charge >= 0.3 is 0 Å². The van der Waals surface area contributed by atoms with Gasteiger partial charge in [-0.3, -0.25) is 0 Å². The van der Waals surface area contributed by atoms with Crippen LogP contribution in [0, 0.1) is 11.8 Å². The summed E-state index contributed by atoms with van der Waals surface area (Å²) in [6, 6.07) is 8.75. The summed E-state index contributed by atoms with van der Waals surface area (Å²) in [5.74, 6) is 3.51. The largest absolute Gasteiger partial charge is 0.362 e. The molecule has 0 radical (unpaired) electrons. The molecule has 2 aliphatic rings. The molecule has 2 N–H and O–H groups in total. The van der Waals surface area contributed by atoms with Crippen molar-refractivity contribution in [1.29, 1.82) is 0 Å². The molecule has 5 heteroatoms. The van der Waals surface area contributed by atoms with Crippen molar-refractivity contribution in [3.63, 3.8) is 0 Å². The quantitative estimate of drug-likeness (QED) is 0.703. The van der Waals surface area contributed by atoms with Gasteiger partial charge in [0.1, 0.15) is 5.82 Å². The van der Waals surface area contributed by atoms with Crippen LogP contribution in [0.2, 0.25) is 0 Å². The Morgan fingerprint density at radius 1 is 0.862 bits per heavy atom. The van der Waals surface area contributed by atoms with E-state index in [9.17, 15) is 0 Å². The van der Waals surface area contributed by atoms with Gasteiger partial charge in [0.15, 0.2) is 0 Å². The lowest BCUT2D eigenvalue weighted by Crippen LogP contribution is -2.34. The minimum absolute atomic E-state index is 0.487. The number of anilines is 2. The van der Waals surface area contributed by atoms with Crippen molar-refractivity contribution in [2.75, 3.05) is 37.4 Å². The third-order valence-corrected chi connectivity index (χ3v) is 6.78. The molecule has 2 aromatic rings. The Morgan fingerprint density at radius 2 is 1.55 bits per heavy atom. The van der Waals surface area contributed by atoms with Gasteiger partial charge in [-0.05, 0) is 75.6 Å². The number of para-hydroxylation sites is 1. The summed E-state index contributed by atoms with van der Waals surface area (Å²) in [6.07, 6.45) is 12.2. The van der Waals surface area contributed by atoms with Crippen LogP contribution in [0.15, 0.2) is 24.3 Å². The number of aromatic nitrogens is 2. The Labute approximate surface area is 175 Å². The van der Waals surface area contributed by atoms with Crippen LogP contribution < -0.4 is 15.5 Å². The van der Waals surface area contributed by atoms with Crippen molar-refractivity contribution in [3.8, 4) is 0 Å². The second kappa shape index (κ2) is 9.75. The number of hydrogen-bond acceptors (Lipinski definition) is 5. The maximum atomic E-state index is 4.81. The van der Waals surface area contributed by atoms with E-state index in [1.807, 2.05) is 20.2 Å². The van der Waals surface area contributed by atoms with Gasteiger partial charge in [-0.25, -0.2) is 4.98 Å². The maximum absolute atomic E-state index is 4.81. The Kier molecular flexibility index (Phi) is 6.86. The fourth-order valence-corrected chi connectivity index (χ4v) is 5.04. The number of fused-ring (bicyclic) bond motifs is 1. The van der Waals surface area contributed by atoms with Crippen LogP contribution in [0.1, 0.15) is 57.8 Å². The number of benzene rings is 1. The number of nitrogens with zero attached hydrogens (tertiary/aromatic N) is 3. The number of rotatable bonds is 7. The fraction of sp³-hybridized carbons (Fsp3) is 0.667. The van der Waals surface area contributed by atoms with Crippen molar-refractivity contribution in [2.45, 2.75) is 63.8 Å². The molecule has 2 aliphatic carbocycles. The Morgan fingerprint density at radius 3 is 2.28 bits per heavy atom. The highest BCUT2D eigenvalue weighted by Crippen LogP contribution is 2.28. The highest BCUT2D eigenvalue weighted by Gasteiger charge is 2.22. The molecular formula is C24H37N5. The molecule has 5 nitrogen and oxygen atoms in total. The SMILES string of the molecule is CN(C)c1nc(N[C@H]2CC[C@@H](CNCC3CCCCC3)CC2)nc2ccccc12. The van der Waals surface area contributed by atoms with Crippen LogP contribution in [-0.4, -0.2) is 43.2 Å². The fourth-order valence-electron chi connectivity index (χ4n) is 5.04. The predicted octanol–water partition coefficient (Wildman–Crippen LogP) is 4.84. The molecular weight excluding hydrogens is 358 g/mol. The topological polar surface area (TPSA) is 53.1 Å². The first kappa shape index (κ1) is 20.4.